The quantitative estimate of drug-likeness (QED) is 0.509. The van der Waals surface area contributed by atoms with Crippen LogP contribution in [0, 0.1) is 0 Å². The second-order valence-electron chi connectivity index (χ2n) is 4.92. The van der Waals surface area contributed by atoms with Crippen molar-refractivity contribution in [2.24, 2.45) is 0 Å². The minimum Gasteiger partial charge on any atom is -0.451 e. The molecule has 0 fully saturated rings. The SMILES string of the molecule is O=C(OCc1nc(-c2cccs2)no1)c1cnn(-c2ccccc2)n1. The molecule has 0 unspecified atom stereocenters. The van der Waals surface area contributed by atoms with Crippen molar-refractivity contribution < 1.29 is 14.1 Å². The van der Waals surface area contributed by atoms with Gasteiger partial charge in [-0.15, -0.1) is 16.4 Å². The molecule has 8 nitrogen and oxygen atoms in total. The Morgan fingerprint density at radius 1 is 1.20 bits per heavy atom. The van der Waals surface area contributed by atoms with Crippen molar-refractivity contribution in [3.05, 3.63) is 65.6 Å². The van der Waals surface area contributed by atoms with E-state index in [1.165, 1.54) is 22.3 Å². The average molecular weight is 353 g/mol. The summed E-state index contributed by atoms with van der Waals surface area (Å²) in [7, 11) is 0. The Bertz CT molecular complexity index is 978. The lowest BCUT2D eigenvalue weighted by atomic mass is 10.3. The van der Waals surface area contributed by atoms with Gasteiger partial charge < -0.3 is 9.26 Å². The Kier molecular flexibility index (Phi) is 4.05. The highest BCUT2D eigenvalue weighted by Gasteiger charge is 2.16. The number of aromatic nitrogens is 5. The van der Waals surface area contributed by atoms with Crippen LogP contribution in [0.1, 0.15) is 16.4 Å². The van der Waals surface area contributed by atoms with E-state index in [2.05, 4.69) is 20.3 Å². The summed E-state index contributed by atoms with van der Waals surface area (Å²) < 4.78 is 10.2. The Morgan fingerprint density at radius 2 is 2.08 bits per heavy atom. The number of para-hydroxylation sites is 1. The van der Waals surface area contributed by atoms with Gasteiger partial charge in [-0.05, 0) is 23.6 Å². The lowest BCUT2D eigenvalue weighted by molar-refractivity contribution is 0.0422. The molecule has 4 rings (SSSR count). The fourth-order valence-electron chi connectivity index (χ4n) is 2.06. The Hall–Kier alpha value is -3.33. The zero-order valence-corrected chi connectivity index (χ0v) is 13.6. The molecule has 3 heterocycles. The summed E-state index contributed by atoms with van der Waals surface area (Å²) in [5.41, 5.74) is 0.848. The summed E-state index contributed by atoms with van der Waals surface area (Å²) in [5.74, 6) is 0.0707. The van der Waals surface area contributed by atoms with Crippen molar-refractivity contribution in [1.29, 1.82) is 0 Å². The zero-order valence-electron chi connectivity index (χ0n) is 12.8. The summed E-state index contributed by atoms with van der Waals surface area (Å²) in [6.07, 6.45) is 1.35. The number of hydrogen-bond acceptors (Lipinski definition) is 8. The molecule has 0 bridgehead atoms. The van der Waals surface area contributed by atoms with Crippen molar-refractivity contribution in [2.75, 3.05) is 0 Å². The van der Waals surface area contributed by atoms with E-state index in [4.69, 9.17) is 9.26 Å². The first-order valence-electron chi connectivity index (χ1n) is 7.31. The van der Waals surface area contributed by atoms with Crippen molar-refractivity contribution in [3.8, 4) is 16.4 Å². The van der Waals surface area contributed by atoms with Crippen LogP contribution in [0.15, 0.2) is 58.6 Å². The maximum atomic E-state index is 12.1. The molecule has 0 aliphatic heterocycles. The molecule has 1 aromatic carbocycles. The molecule has 0 N–H and O–H groups in total. The predicted molar refractivity (Wildman–Crippen MR) is 88.1 cm³/mol. The molecule has 25 heavy (non-hydrogen) atoms. The van der Waals surface area contributed by atoms with Gasteiger partial charge in [0.05, 0.1) is 16.8 Å². The first-order chi connectivity index (χ1) is 12.3. The zero-order chi connectivity index (χ0) is 17.1. The number of benzene rings is 1. The molecule has 0 saturated heterocycles. The van der Waals surface area contributed by atoms with Crippen molar-refractivity contribution >= 4 is 17.3 Å². The number of nitrogens with zero attached hydrogens (tertiary/aromatic N) is 5. The molecule has 0 radical (unpaired) electrons. The summed E-state index contributed by atoms with van der Waals surface area (Å²) in [4.78, 5) is 18.5. The standard InChI is InChI=1S/C16H11N5O3S/c22-16(12-9-17-21(19-12)11-5-2-1-3-6-11)23-10-14-18-15(20-24-14)13-7-4-8-25-13/h1-9H,10H2. The van der Waals surface area contributed by atoms with Gasteiger partial charge in [-0.25, -0.2) is 4.79 Å². The Labute approximate surface area is 145 Å². The molecule has 0 saturated carbocycles. The van der Waals surface area contributed by atoms with Crippen LogP contribution in [0.5, 0.6) is 0 Å². The van der Waals surface area contributed by atoms with Crippen molar-refractivity contribution in [3.63, 3.8) is 0 Å². The number of thiophene rings is 1. The molecule has 4 aromatic rings. The minimum atomic E-state index is -0.613. The van der Waals surface area contributed by atoms with Gasteiger partial charge in [0.2, 0.25) is 5.82 Å². The molecule has 9 heteroatoms. The summed E-state index contributed by atoms with van der Waals surface area (Å²) >= 11 is 1.50. The van der Waals surface area contributed by atoms with Gasteiger partial charge in [0.15, 0.2) is 12.3 Å². The van der Waals surface area contributed by atoms with Crippen LogP contribution in [0.25, 0.3) is 16.4 Å². The molecule has 0 amide bonds. The van der Waals surface area contributed by atoms with Crippen LogP contribution in [0.3, 0.4) is 0 Å². The Morgan fingerprint density at radius 3 is 2.88 bits per heavy atom. The van der Waals surface area contributed by atoms with Crippen LogP contribution in [0.4, 0.5) is 0 Å². The normalized spacial score (nSPS) is 10.7. The second-order valence-corrected chi connectivity index (χ2v) is 5.87. The van der Waals surface area contributed by atoms with Gasteiger partial charge in [0, 0.05) is 0 Å². The van der Waals surface area contributed by atoms with Crippen LogP contribution < -0.4 is 0 Å². The van der Waals surface area contributed by atoms with Crippen LogP contribution in [-0.2, 0) is 11.3 Å². The maximum absolute atomic E-state index is 12.1. The summed E-state index contributed by atoms with van der Waals surface area (Å²) in [5, 5.41) is 13.9. The van der Waals surface area contributed by atoms with Crippen LogP contribution >= 0.6 is 11.3 Å². The third-order valence-corrected chi connectivity index (χ3v) is 4.09. The lowest BCUT2D eigenvalue weighted by Gasteiger charge is -1.99. The molecular formula is C16H11N5O3S. The molecular weight excluding hydrogens is 342 g/mol. The van der Waals surface area contributed by atoms with Crippen LogP contribution in [0.2, 0.25) is 0 Å². The van der Waals surface area contributed by atoms with E-state index in [0.29, 0.717) is 5.82 Å². The second kappa shape index (κ2) is 6.65. The van der Waals surface area contributed by atoms with E-state index in [1.54, 1.807) is 0 Å². The topological polar surface area (TPSA) is 95.9 Å². The summed E-state index contributed by atoms with van der Waals surface area (Å²) in [6, 6.07) is 13.0. The monoisotopic (exact) mass is 353 g/mol. The molecule has 0 aliphatic carbocycles. The van der Waals surface area contributed by atoms with E-state index in [1.807, 2.05) is 47.8 Å². The van der Waals surface area contributed by atoms with Gasteiger partial charge in [-0.1, -0.05) is 29.4 Å². The first-order valence-corrected chi connectivity index (χ1v) is 8.19. The number of carbonyl (C=O) groups is 1. The lowest BCUT2D eigenvalue weighted by Crippen LogP contribution is -2.07. The van der Waals surface area contributed by atoms with Gasteiger partial charge in [0.25, 0.3) is 5.89 Å². The average Bonchev–Trinajstić information content (AvgIpc) is 3.41. The van der Waals surface area contributed by atoms with Crippen molar-refractivity contribution in [1.82, 2.24) is 25.1 Å². The molecule has 0 spiro atoms. The number of carbonyl (C=O) groups excluding carboxylic acids is 1. The number of ether oxygens (including phenoxy) is 1. The summed E-state index contributed by atoms with van der Waals surface area (Å²) in [6.45, 7) is -0.130. The fraction of sp³-hybridized carbons (Fsp3) is 0.0625. The number of esters is 1. The van der Waals surface area contributed by atoms with Crippen molar-refractivity contribution in [2.45, 2.75) is 6.61 Å². The third kappa shape index (κ3) is 3.31. The van der Waals surface area contributed by atoms with Gasteiger partial charge in [-0.2, -0.15) is 14.9 Å². The van der Waals surface area contributed by atoms with Crippen LogP contribution in [-0.4, -0.2) is 31.1 Å². The molecule has 3 aromatic heterocycles. The highest BCUT2D eigenvalue weighted by Crippen LogP contribution is 2.21. The van der Waals surface area contributed by atoms with Gasteiger partial charge in [-0.3, -0.25) is 0 Å². The predicted octanol–water partition coefficient (Wildman–Crippen LogP) is 2.74. The molecule has 0 atom stereocenters. The molecule has 0 aliphatic rings. The largest absolute Gasteiger partial charge is 0.451 e. The number of rotatable bonds is 5. The van der Waals surface area contributed by atoms with Gasteiger partial charge >= 0.3 is 5.97 Å². The smallest absolute Gasteiger partial charge is 0.361 e. The van der Waals surface area contributed by atoms with E-state index in [0.717, 1.165) is 10.6 Å². The highest BCUT2D eigenvalue weighted by atomic mass is 32.1. The molecule has 124 valence electrons. The Balaban J connectivity index is 1.40. The van der Waals surface area contributed by atoms with E-state index >= 15 is 0 Å². The highest BCUT2D eigenvalue weighted by molar-refractivity contribution is 7.13. The maximum Gasteiger partial charge on any atom is 0.361 e. The van der Waals surface area contributed by atoms with E-state index < -0.39 is 5.97 Å². The van der Waals surface area contributed by atoms with E-state index in [-0.39, 0.29) is 18.2 Å². The van der Waals surface area contributed by atoms with Gasteiger partial charge in [0.1, 0.15) is 0 Å². The number of hydrogen-bond donors (Lipinski definition) is 0. The van der Waals surface area contributed by atoms with E-state index in [9.17, 15) is 4.79 Å². The first kappa shape index (κ1) is 15.2. The fourth-order valence-corrected chi connectivity index (χ4v) is 2.71. The third-order valence-electron chi connectivity index (χ3n) is 3.22. The minimum absolute atomic E-state index is 0.0989.